The first-order valence-corrected chi connectivity index (χ1v) is 8.26. The molecule has 0 bridgehead atoms. The zero-order valence-electron chi connectivity index (χ0n) is 13.9. The largest absolute Gasteiger partial charge is 0.350 e. The number of carbonyl (C=O) groups excluding carboxylic acids is 1. The molecule has 0 saturated carbocycles. The van der Waals surface area contributed by atoms with Crippen molar-refractivity contribution in [2.75, 3.05) is 0 Å². The summed E-state index contributed by atoms with van der Waals surface area (Å²) in [7, 11) is 0. The van der Waals surface area contributed by atoms with E-state index in [1.54, 1.807) is 6.08 Å². The van der Waals surface area contributed by atoms with Crippen LogP contribution in [-0.2, 0) is 17.6 Å². The van der Waals surface area contributed by atoms with E-state index in [-0.39, 0.29) is 11.9 Å². The van der Waals surface area contributed by atoms with Gasteiger partial charge in [-0.2, -0.15) is 0 Å². The minimum atomic E-state index is -0.0147. The molecule has 1 unspecified atom stereocenters. The summed E-state index contributed by atoms with van der Waals surface area (Å²) < 4.78 is 0. The van der Waals surface area contributed by atoms with E-state index in [0.29, 0.717) is 11.8 Å². The normalized spacial score (nSPS) is 16.5. The van der Waals surface area contributed by atoms with Gasteiger partial charge in [-0.3, -0.25) is 4.79 Å². The molecule has 0 heterocycles. The zero-order chi connectivity index (χ0) is 15.9. The second kappa shape index (κ2) is 7.98. The molecule has 1 atom stereocenters. The molecule has 0 radical (unpaired) electrons. The van der Waals surface area contributed by atoms with Crippen LogP contribution in [0.2, 0.25) is 0 Å². The summed E-state index contributed by atoms with van der Waals surface area (Å²) in [6.07, 6.45) is 11.0. The molecule has 2 nitrogen and oxygen atoms in total. The van der Waals surface area contributed by atoms with Gasteiger partial charge in [-0.1, -0.05) is 56.3 Å². The lowest BCUT2D eigenvalue weighted by atomic mass is 10.0. The topological polar surface area (TPSA) is 29.1 Å². The number of fused-ring (bicyclic) bond motifs is 1. The minimum Gasteiger partial charge on any atom is -0.350 e. The predicted octanol–water partition coefficient (Wildman–Crippen LogP) is 4.06. The maximum absolute atomic E-state index is 11.7. The van der Waals surface area contributed by atoms with Gasteiger partial charge in [-0.25, -0.2) is 0 Å². The molecular formula is C20H27NO. The molecule has 2 rings (SSSR count). The second-order valence-electron chi connectivity index (χ2n) is 6.61. The van der Waals surface area contributed by atoms with Gasteiger partial charge < -0.3 is 5.32 Å². The van der Waals surface area contributed by atoms with Crippen molar-refractivity contribution in [2.45, 2.75) is 46.1 Å². The summed E-state index contributed by atoms with van der Waals surface area (Å²) in [4.78, 5) is 11.7. The number of carbonyl (C=O) groups is 1. The van der Waals surface area contributed by atoms with Crippen LogP contribution in [0.1, 0.15) is 38.3 Å². The van der Waals surface area contributed by atoms with Crippen LogP contribution in [-0.4, -0.2) is 11.9 Å². The van der Waals surface area contributed by atoms with E-state index in [2.05, 4.69) is 49.5 Å². The summed E-state index contributed by atoms with van der Waals surface area (Å²) >= 11 is 0. The molecule has 1 aliphatic carbocycles. The molecule has 1 aliphatic rings. The molecule has 1 aromatic rings. The summed E-state index contributed by atoms with van der Waals surface area (Å²) in [5.74, 6) is 1.15. The third-order valence-electron chi connectivity index (χ3n) is 4.47. The van der Waals surface area contributed by atoms with Crippen molar-refractivity contribution in [2.24, 2.45) is 11.8 Å². The second-order valence-corrected chi connectivity index (χ2v) is 6.61. The van der Waals surface area contributed by atoms with Crippen molar-refractivity contribution < 1.29 is 4.79 Å². The molecular weight excluding hydrogens is 270 g/mol. The zero-order valence-corrected chi connectivity index (χ0v) is 13.9. The Balaban J connectivity index is 1.71. The van der Waals surface area contributed by atoms with E-state index in [0.717, 1.165) is 6.42 Å². The van der Waals surface area contributed by atoms with Crippen LogP contribution in [0.3, 0.4) is 0 Å². The highest BCUT2D eigenvalue weighted by molar-refractivity contribution is 5.87. The van der Waals surface area contributed by atoms with Crippen molar-refractivity contribution in [3.05, 3.63) is 59.7 Å². The fourth-order valence-corrected chi connectivity index (χ4v) is 2.75. The first-order valence-electron chi connectivity index (χ1n) is 8.26. The van der Waals surface area contributed by atoms with E-state index in [1.807, 2.05) is 19.1 Å². The molecule has 0 aromatic heterocycles. The summed E-state index contributed by atoms with van der Waals surface area (Å²) in [5, 5.41) is 2.96. The third kappa shape index (κ3) is 4.87. The molecule has 118 valence electrons. The summed E-state index contributed by atoms with van der Waals surface area (Å²) in [6.45, 7) is 6.24. The minimum absolute atomic E-state index is 0.0147. The van der Waals surface area contributed by atoms with Gasteiger partial charge in [0, 0.05) is 12.1 Å². The lowest BCUT2D eigenvalue weighted by molar-refractivity contribution is -0.117. The van der Waals surface area contributed by atoms with E-state index in [1.165, 1.54) is 24.0 Å². The Kier molecular flexibility index (Phi) is 6.00. The smallest absolute Gasteiger partial charge is 0.244 e. The van der Waals surface area contributed by atoms with E-state index in [9.17, 15) is 4.79 Å². The fourth-order valence-electron chi connectivity index (χ4n) is 2.75. The fraction of sp³-hybridized carbons (Fsp3) is 0.450. The quantitative estimate of drug-likeness (QED) is 0.622. The van der Waals surface area contributed by atoms with Crippen LogP contribution in [0.5, 0.6) is 0 Å². The van der Waals surface area contributed by atoms with E-state index in [4.69, 9.17) is 0 Å². The van der Waals surface area contributed by atoms with Crippen LogP contribution in [0.15, 0.2) is 48.6 Å². The Labute approximate surface area is 134 Å². The Morgan fingerprint density at radius 3 is 2.41 bits per heavy atom. The lowest BCUT2D eigenvalue weighted by Crippen LogP contribution is -2.34. The average molecular weight is 297 g/mol. The van der Waals surface area contributed by atoms with Crippen molar-refractivity contribution in [3.63, 3.8) is 0 Å². The standard InChI is InChI=1S/C20H27NO/c1-15(2)16(3)21-20(22)12-6-4-5-9-17-13-18-10-7-8-11-19(18)14-17/h4-8,10-12,15-17H,9,13-14H2,1-3H3,(H,21,22)/b5-4+,12-6+. The molecule has 0 aliphatic heterocycles. The van der Waals surface area contributed by atoms with Gasteiger partial charge in [0.1, 0.15) is 0 Å². The maximum Gasteiger partial charge on any atom is 0.244 e. The Hall–Kier alpha value is -1.83. The van der Waals surface area contributed by atoms with Gasteiger partial charge >= 0.3 is 0 Å². The molecule has 1 amide bonds. The van der Waals surface area contributed by atoms with Crippen LogP contribution >= 0.6 is 0 Å². The van der Waals surface area contributed by atoms with Gasteiger partial charge in [-0.15, -0.1) is 0 Å². The number of hydrogen-bond acceptors (Lipinski definition) is 1. The Morgan fingerprint density at radius 2 is 1.82 bits per heavy atom. The first kappa shape index (κ1) is 16.5. The molecule has 2 heteroatoms. The highest BCUT2D eigenvalue weighted by Gasteiger charge is 2.19. The monoisotopic (exact) mass is 297 g/mol. The predicted molar refractivity (Wildman–Crippen MR) is 92.7 cm³/mol. The number of hydrogen-bond donors (Lipinski definition) is 1. The van der Waals surface area contributed by atoms with Crippen LogP contribution in [0.25, 0.3) is 0 Å². The molecule has 1 aromatic carbocycles. The van der Waals surface area contributed by atoms with Crippen LogP contribution < -0.4 is 5.32 Å². The molecule has 22 heavy (non-hydrogen) atoms. The van der Waals surface area contributed by atoms with Gasteiger partial charge in [0.05, 0.1) is 0 Å². The highest BCUT2D eigenvalue weighted by Crippen LogP contribution is 2.28. The van der Waals surface area contributed by atoms with Crippen molar-refractivity contribution in [1.82, 2.24) is 5.32 Å². The van der Waals surface area contributed by atoms with E-state index < -0.39 is 0 Å². The first-order chi connectivity index (χ1) is 10.6. The Bertz CT molecular complexity index is 532. The summed E-state index contributed by atoms with van der Waals surface area (Å²) in [6, 6.07) is 8.92. The van der Waals surface area contributed by atoms with Crippen molar-refractivity contribution in [1.29, 1.82) is 0 Å². The number of benzene rings is 1. The van der Waals surface area contributed by atoms with Gasteiger partial charge in [0.2, 0.25) is 5.91 Å². The Morgan fingerprint density at radius 1 is 1.18 bits per heavy atom. The highest BCUT2D eigenvalue weighted by atomic mass is 16.1. The molecule has 1 N–H and O–H groups in total. The SMILES string of the molecule is CC(C)C(C)NC(=O)/C=C/C=C/CC1Cc2ccccc2C1. The summed E-state index contributed by atoms with van der Waals surface area (Å²) in [5.41, 5.74) is 3.00. The van der Waals surface area contributed by atoms with Gasteiger partial charge in [-0.05, 0) is 49.1 Å². The average Bonchev–Trinajstić information content (AvgIpc) is 2.89. The maximum atomic E-state index is 11.7. The number of nitrogens with one attached hydrogen (secondary N) is 1. The van der Waals surface area contributed by atoms with Gasteiger partial charge in [0.15, 0.2) is 0 Å². The number of allylic oxidation sites excluding steroid dienone is 3. The van der Waals surface area contributed by atoms with Crippen molar-refractivity contribution in [3.8, 4) is 0 Å². The molecule has 0 saturated heterocycles. The van der Waals surface area contributed by atoms with Crippen LogP contribution in [0.4, 0.5) is 0 Å². The van der Waals surface area contributed by atoms with E-state index >= 15 is 0 Å². The van der Waals surface area contributed by atoms with Gasteiger partial charge in [0.25, 0.3) is 0 Å². The van der Waals surface area contributed by atoms with Crippen molar-refractivity contribution >= 4 is 5.91 Å². The lowest BCUT2D eigenvalue weighted by Gasteiger charge is -2.15. The number of rotatable bonds is 6. The molecule has 0 fully saturated rings. The number of amides is 1. The van der Waals surface area contributed by atoms with Crippen LogP contribution in [0, 0.1) is 11.8 Å². The molecule has 0 spiro atoms. The third-order valence-corrected chi connectivity index (χ3v) is 4.47.